The van der Waals surface area contributed by atoms with E-state index in [9.17, 15) is 19.2 Å². The molecule has 8 heteroatoms. The molecular weight excluding hydrogens is 360 g/mol. The fourth-order valence-electron chi connectivity index (χ4n) is 2.71. The minimum atomic E-state index is -1.35. The third-order valence-corrected chi connectivity index (χ3v) is 4.15. The average molecular weight is 378 g/mol. The van der Waals surface area contributed by atoms with Gasteiger partial charge < -0.3 is 5.43 Å². The van der Waals surface area contributed by atoms with Gasteiger partial charge in [-0.2, -0.15) is 0 Å². The molecule has 1 atom stereocenters. The Morgan fingerprint density at radius 2 is 1.57 bits per heavy atom. The van der Waals surface area contributed by atoms with Crippen molar-refractivity contribution in [3.63, 3.8) is 0 Å². The molecule has 2 aromatic carbocycles. The predicted molar refractivity (Wildman–Crippen MR) is 100 cm³/mol. The zero-order valence-electron chi connectivity index (χ0n) is 14.8. The van der Waals surface area contributed by atoms with Crippen molar-refractivity contribution >= 4 is 23.8 Å². The smallest absolute Gasteiger partial charge is 0.302 e. The van der Waals surface area contributed by atoms with Crippen molar-refractivity contribution in [2.75, 3.05) is 0 Å². The van der Waals surface area contributed by atoms with Crippen molar-refractivity contribution in [3.8, 4) is 0 Å². The van der Waals surface area contributed by atoms with E-state index in [2.05, 4.69) is 22.7 Å². The minimum absolute atomic E-state index is 0.0128. The quantitative estimate of drug-likeness (QED) is 0.519. The molecule has 3 rings (SSSR count). The van der Waals surface area contributed by atoms with Gasteiger partial charge in [-0.15, -0.1) is 0 Å². The van der Waals surface area contributed by atoms with Crippen LogP contribution in [0.1, 0.15) is 15.9 Å². The number of nitrogens with zero attached hydrogens (tertiary/aromatic N) is 1. The second kappa shape index (κ2) is 8.17. The molecule has 3 N–H and O–H groups in total. The van der Waals surface area contributed by atoms with Gasteiger partial charge in [-0.1, -0.05) is 55.1 Å². The third-order valence-electron chi connectivity index (χ3n) is 4.15. The van der Waals surface area contributed by atoms with Gasteiger partial charge >= 0.3 is 6.03 Å². The lowest BCUT2D eigenvalue weighted by Crippen LogP contribution is -2.59. The molecule has 0 radical (unpaired) electrons. The summed E-state index contributed by atoms with van der Waals surface area (Å²) in [5.41, 5.74) is 5.96. The summed E-state index contributed by atoms with van der Waals surface area (Å²) in [7, 11) is 0. The molecule has 1 heterocycles. The van der Waals surface area contributed by atoms with E-state index in [4.69, 9.17) is 0 Å². The molecular formula is C20H18N4O4. The van der Waals surface area contributed by atoms with Gasteiger partial charge in [0.05, 0.1) is 6.54 Å². The number of carbonyl (C=O) groups excluding carboxylic acids is 4. The summed E-state index contributed by atoms with van der Waals surface area (Å²) < 4.78 is 0. The summed E-state index contributed by atoms with van der Waals surface area (Å²) in [6, 6.07) is 16.5. The topological polar surface area (TPSA) is 108 Å². The molecule has 8 nitrogen and oxygen atoms in total. The second-order valence-electron chi connectivity index (χ2n) is 6.11. The first kappa shape index (κ1) is 18.8. The largest absolute Gasteiger partial charge is 0.331 e. The number of hydrogen-bond acceptors (Lipinski definition) is 5. The highest BCUT2D eigenvalue weighted by atomic mass is 16.2. The summed E-state index contributed by atoms with van der Waals surface area (Å²) in [5, 5.41) is 2.14. The van der Waals surface area contributed by atoms with Crippen LogP contribution in [-0.2, 0) is 16.1 Å². The van der Waals surface area contributed by atoms with E-state index in [-0.39, 0.29) is 12.2 Å². The van der Waals surface area contributed by atoms with Crippen molar-refractivity contribution < 1.29 is 19.2 Å². The third kappa shape index (κ3) is 4.07. The van der Waals surface area contributed by atoms with Gasteiger partial charge in [0, 0.05) is 11.3 Å². The molecule has 0 bridgehead atoms. The highest BCUT2D eigenvalue weighted by Crippen LogP contribution is 2.18. The maximum Gasteiger partial charge on any atom is 0.331 e. The van der Waals surface area contributed by atoms with Crippen LogP contribution < -0.4 is 16.2 Å². The molecule has 5 amide bonds. The first-order chi connectivity index (χ1) is 13.5. The number of barbiturate groups is 1. The number of urea groups is 1. The molecule has 0 aromatic heterocycles. The van der Waals surface area contributed by atoms with Gasteiger partial charge in [-0.25, -0.2) is 4.79 Å². The lowest BCUT2D eigenvalue weighted by Gasteiger charge is -2.31. The number of hydrogen-bond donors (Lipinski definition) is 3. The number of carbonyl (C=O) groups is 4. The van der Waals surface area contributed by atoms with Crippen LogP contribution in [0.2, 0.25) is 0 Å². The highest BCUT2D eigenvalue weighted by molar-refractivity contribution is 6.17. The first-order valence-corrected chi connectivity index (χ1v) is 8.47. The van der Waals surface area contributed by atoms with Crippen molar-refractivity contribution in [1.29, 1.82) is 0 Å². The first-order valence-electron chi connectivity index (χ1n) is 8.47. The number of hydrazine groups is 1. The molecule has 1 fully saturated rings. The van der Waals surface area contributed by atoms with Crippen LogP contribution in [-0.4, -0.2) is 28.7 Å². The Hall–Kier alpha value is -3.94. The van der Waals surface area contributed by atoms with Gasteiger partial charge in [0.15, 0.2) is 5.92 Å². The lowest BCUT2D eigenvalue weighted by molar-refractivity contribution is -0.141. The summed E-state index contributed by atoms with van der Waals surface area (Å²) in [6.45, 7) is 3.68. The molecule has 28 heavy (non-hydrogen) atoms. The molecule has 1 aliphatic heterocycles. The monoisotopic (exact) mass is 378 g/mol. The number of amides is 5. The van der Waals surface area contributed by atoms with Gasteiger partial charge in [0.25, 0.3) is 5.91 Å². The summed E-state index contributed by atoms with van der Waals surface area (Å²) in [5.74, 6) is -3.32. The van der Waals surface area contributed by atoms with E-state index in [1.54, 1.807) is 54.6 Å². The van der Waals surface area contributed by atoms with E-state index in [0.29, 0.717) is 5.56 Å². The summed E-state index contributed by atoms with van der Waals surface area (Å²) in [4.78, 5) is 50.0. The Morgan fingerprint density at radius 3 is 2.21 bits per heavy atom. The summed E-state index contributed by atoms with van der Waals surface area (Å²) >= 11 is 0. The lowest BCUT2D eigenvalue weighted by atomic mass is 10.0. The van der Waals surface area contributed by atoms with Crippen LogP contribution in [0, 0.1) is 5.92 Å². The maximum atomic E-state index is 12.7. The van der Waals surface area contributed by atoms with Crippen molar-refractivity contribution in [2.24, 2.45) is 5.92 Å². The van der Waals surface area contributed by atoms with Gasteiger partial charge in [0.1, 0.15) is 0 Å². The molecule has 0 spiro atoms. The van der Waals surface area contributed by atoms with E-state index in [1.165, 1.54) is 0 Å². The van der Waals surface area contributed by atoms with Crippen LogP contribution in [0.3, 0.4) is 0 Å². The molecule has 2 aromatic rings. The maximum absolute atomic E-state index is 12.7. The zero-order chi connectivity index (χ0) is 20.1. The van der Waals surface area contributed by atoms with Crippen molar-refractivity contribution in [1.82, 2.24) is 21.1 Å². The van der Waals surface area contributed by atoms with Gasteiger partial charge in [0.2, 0.25) is 11.8 Å². The van der Waals surface area contributed by atoms with Crippen molar-refractivity contribution in [3.05, 3.63) is 84.1 Å². The molecule has 0 saturated carbocycles. The standard InChI is InChI=1S/C20H18N4O4/c1-13(22-23-17(25)15-10-6-3-7-11-15)16-18(26)21-20(28)24(19(16)27)12-14-8-4-2-5-9-14/h2-11,16,22H,1,12H2,(H,23,25)(H,21,26,28)/t16-/m1/s1. The van der Waals surface area contributed by atoms with Crippen molar-refractivity contribution in [2.45, 2.75) is 6.54 Å². The predicted octanol–water partition coefficient (Wildman–Crippen LogP) is 1.33. The van der Waals surface area contributed by atoms with Crippen LogP contribution in [0.5, 0.6) is 0 Å². The Morgan fingerprint density at radius 1 is 0.964 bits per heavy atom. The normalized spacial score (nSPS) is 16.4. The van der Waals surface area contributed by atoms with Crippen LogP contribution >= 0.6 is 0 Å². The average Bonchev–Trinajstić information content (AvgIpc) is 2.70. The Bertz CT molecular complexity index is 928. The van der Waals surface area contributed by atoms with Gasteiger partial charge in [-0.3, -0.25) is 30.0 Å². The molecule has 1 aliphatic rings. The fraction of sp³-hybridized carbons (Fsp3) is 0.100. The van der Waals surface area contributed by atoms with E-state index in [1.807, 2.05) is 6.07 Å². The van der Waals surface area contributed by atoms with Crippen LogP contribution in [0.4, 0.5) is 4.79 Å². The molecule has 0 aliphatic carbocycles. The second-order valence-corrected chi connectivity index (χ2v) is 6.11. The molecule has 142 valence electrons. The zero-order valence-corrected chi connectivity index (χ0v) is 14.8. The van der Waals surface area contributed by atoms with Crippen LogP contribution in [0.15, 0.2) is 72.9 Å². The fourth-order valence-corrected chi connectivity index (χ4v) is 2.71. The minimum Gasteiger partial charge on any atom is -0.302 e. The summed E-state index contributed by atoms with van der Waals surface area (Å²) in [6.07, 6.45) is 0. The van der Waals surface area contributed by atoms with E-state index in [0.717, 1.165) is 10.5 Å². The van der Waals surface area contributed by atoms with E-state index >= 15 is 0 Å². The SMILES string of the molecule is C=C(NNC(=O)c1ccccc1)[C@@H]1C(=O)NC(=O)N(Cc2ccccc2)C1=O. The number of rotatable bonds is 6. The number of benzene rings is 2. The Labute approximate surface area is 161 Å². The number of imide groups is 2. The Balaban J connectivity index is 1.68. The molecule has 0 unspecified atom stereocenters. The van der Waals surface area contributed by atoms with E-state index < -0.39 is 29.7 Å². The van der Waals surface area contributed by atoms with Gasteiger partial charge in [-0.05, 0) is 17.7 Å². The Kier molecular flexibility index (Phi) is 5.50. The number of nitrogens with one attached hydrogen (secondary N) is 3. The van der Waals surface area contributed by atoms with Crippen LogP contribution in [0.25, 0.3) is 0 Å². The molecule has 1 saturated heterocycles. The highest BCUT2D eigenvalue weighted by Gasteiger charge is 2.42.